The van der Waals surface area contributed by atoms with Gasteiger partial charge in [0.2, 0.25) is 0 Å². The monoisotopic (exact) mass is 420 g/mol. The van der Waals surface area contributed by atoms with Crippen LogP contribution in [0.3, 0.4) is 0 Å². The van der Waals surface area contributed by atoms with Gasteiger partial charge in [-0.25, -0.2) is 8.78 Å². The van der Waals surface area contributed by atoms with Crippen molar-refractivity contribution in [3.05, 3.63) is 101 Å². The summed E-state index contributed by atoms with van der Waals surface area (Å²) in [4.78, 5) is 30.9. The number of aromatic nitrogens is 1. The second kappa shape index (κ2) is 8.10. The number of amides is 1. The maximum Gasteiger partial charge on any atom is 0.300 e. The number of hydrogen-bond donors (Lipinski definition) is 1. The van der Waals surface area contributed by atoms with Gasteiger partial charge in [0.25, 0.3) is 11.7 Å². The molecule has 1 aromatic heterocycles. The Bertz CT molecular complexity index is 1190. The largest absolute Gasteiger partial charge is 0.507 e. The van der Waals surface area contributed by atoms with Gasteiger partial charge < -0.3 is 5.11 Å². The highest BCUT2D eigenvalue weighted by Crippen LogP contribution is 2.42. The van der Waals surface area contributed by atoms with Crippen LogP contribution in [0, 0.1) is 11.6 Å². The molecule has 2 aromatic carbocycles. The molecular weight excluding hydrogens is 402 g/mol. The van der Waals surface area contributed by atoms with Crippen molar-refractivity contribution in [2.75, 3.05) is 4.90 Å². The third-order valence-corrected chi connectivity index (χ3v) is 5.22. The van der Waals surface area contributed by atoms with E-state index >= 15 is 0 Å². The molecule has 2 heterocycles. The number of carbonyl (C=O) groups is 2. The van der Waals surface area contributed by atoms with E-state index in [0.29, 0.717) is 5.56 Å². The maximum absolute atomic E-state index is 14.6. The van der Waals surface area contributed by atoms with Crippen molar-refractivity contribution in [3.8, 4) is 0 Å². The molecule has 3 aromatic rings. The van der Waals surface area contributed by atoms with E-state index in [0.717, 1.165) is 35.1 Å². The smallest absolute Gasteiger partial charge is 0.300 e. The molecule has 5 nitrogen and oxygen atoms in total. The number of halogens is 2. The first-order valence-electron chi connectivity index (χ1n) is 9.68. The Kier molecular flexibility index (Phi) is 5.33. The summed E-state index contributed by atoms with van der Waals surface area (Å²) in [5.41, 5.74) is 0.947. The van der Waals surface area contributed by atoms with Gasteiger partial charge in [0.05, 0.1) is 17.0 Å². The van der Waals surface area contributed by atoms with E-state index in [1.807, 2.05) is 6.92 Å². The lowest BCUT2D eigenvalue weighted by molar-refractivity contribution is -0.132. The van der Waals surface area contributed by atoms with E-state index in [9.17, 15) is 23.5 Å². The van der Waals surface area contributed by atoms with Crippen LogP contribution < -0.4 is 4.90 Å². The number of aliphatic hydroxyl groups excluding tert-OH is 1. The van der Waals surface area contributed by atoms with Crippen LogP contribution in [0.25, 0.3) is 5.76 Å². The molecule has 1 aliphatic heterocycles. The Morgan fingerprint density at radius 3 is 2.45 bits per heavy atom. The molecular formula is C24H18F2N2O3. The lowest BCUT2D eigenvalue weighted by atomic mass is 9.97. The van der Waals surface area contributed by atoms with Crippen LogP contribution >= 0.6 is 0 Å². The third-order valence-electron chi connectivity index (χ3n) is 5.22. The predicted molar refractivity (Wildman–Crippen MR) is 111 cm³/mol. The van der Waals surface area contributed by atoms with Gasteiger partial charge in [-0.3, -0.25) is 19.5 Å². The third kappa shape index (κ3) is 3.59. The molecule has 156 valence electrons. The number of hydrogen-bond acceptors (Lipinski definition) is 4. The van der Waals surface area contributed by atoms with E-state index in [4.69, 9.17) is 0 Å². The number of aryl methyl sites for hydroxylation is 1. The quantitative estimate of drug-likeness (QED) is 0.382. The van der Waals surface area contributed by atoms with Gasteiger partial charge in [-0.2, -0.15) is 0 Å². The zero-order valence-electron chi connectivity index (χ0n) is 16.5. The van der Waals surface area contributed by atoms with E-state index in [1.54, 1.807) is 42.5 Å². The molecule has 1 amide bonds. The first-order chi connectivity index (χ1) is 14.9. The topological polar surface area (TPSA) is 70.5 Å². The second-order valence-corrected chi connectivity index (χ2v) is 7.07. The average Bonchev–Trinajstić information content (AvgIpc) is 3.06. The van der Waals surface area contributed by atoms with Crippen LogP contribution in [0.15, 0.2) is 72.4 Å². The van der Waals surface area contributed by atoms with Crippen molar-refractivity contribution in [3.63, 3.8) is 0 Å². The van der Waals surface area contributed by atoms with Crippen molar-refractivity contribution >= 4 is 23.1 Å². The molecule has 0 aliphatic carbocycles. The van der Waals surface area contributed by atoms with Gasteiger partial charge in [-0.05, 0) is 36.2 Å². The summed E-state index contributed by atoms with van der Waals surface area (Å²) in [6, 6.07) is 13.1. The Hall–Kier alpha value is -3.87. The average molecular weight is 420 g/mol. The fourth-order valence-corrected chi connectivity index (χ4v) is 3.62. The number of aliphatic hydroxyl groups is 1. The fourth-order valence-electron chi connectivity index (χ4n) is 3.62. The minimum Gasteiger partial charge on any atom is -0.507 e. The van der Waals surface area contributed by atoms with Gasteiger partial charge in [0, 0.05) is 17.8 Å². The zero-order valence-corrected chi connectivity index (χ0v) is 16.5. The highest BCUT2D eigenvalue weighted by atomic mass is 19.1. The van der Waals surface area contributed by atoms with Crippen LogP contribution in [-0.4, -0.2) is 21.8 Å². The molecule has 1 N–H and O–H groups in total. The number of ketones is 1. The summed E-state index contributed by atoms with van der Waals surface area (Å²) in [5, 5.41) is 11.0. The molecule has 0 spiro atoms. The Morgan fingerprint density at radius 1 is 1.06 bits per heavy atom. The maximum atomic E-state index is 14.6. The highest BCUT2D eigenvalue weighted by molar-refractivity contribution is 6.51. The SMILES string of the molecule is CCc1ccc(/C(O)=C2\C(=O)C(=O)N(c3cc(F)ccc3F)C2c2ccccn2)cc1. The molecule has 0 bridgehead atoms. The number of anilines is 1. The van der Waals surface area contributed by atoms with Gasteiger partial charge in [-0.15, -0.1) is 0 Å². The Balaban J connectivity index is 1.94. The van der Waals surface area contributed by atoms with E-state index in [2.05, 4.69) is 4.98 Å². The van der Waals surface area contributed by atoms with Gasteiger partial charge >= 0.3 is 0 Å². The van der Waals surface area contributed by atoms with Gasteiger partial charge in [0.1, 0.15) is 23.4 Å². The first kappa shape index (κ1) is 20.4. The summed E-state index contributed by atoms with van der Waals surface area (Å²) >= 11 is 0. The lowest BCUT2D eigenvalue weighted by Gasteiger charge is -2.25. The lowest BCUT2D eigenvalue weighted by Crippen LogP contribution is -2.30. The molecule has 1 unspecified atom stereocenters. The summed E-state index contributed by atoms with van der Waals surface area (Å²) in [6.07, 6.45) is 2.24. The number of benzene rings is 2. The van der Waals surface area contributed by atoms with Crippen LogP contribution in [0.4, 0.5) is 14.5 Å². The van der Waals surface area contributed by atoms with Crippen molar-refractivity contribution < 1.29 is 23.5 Å². The molecule has 1 aliphatic rings. The molecule has 1 fully saturated rings. The van der Waals surface area contributed by atoms with Crippen molar-refractivity contribution in [1.82, 2.24) is 4.98 Å². The highest BCUT2D eigenvalue weighted by Gasteiger charge is 2.48. The van der Waals surface area contributed by atoms with E-state index in [1.165, 1.54) is 6.20 Å². The van der Waals surface area contributed by atoms with Crippen LogP contribution in [0.2, 0.25) is 0 Å². The Labute approximate surface area is 177 Å². The fraction of sp³-hybridized carbons (Fsp3) is 0.125. The van der Waals surface area contributed by atoms with E-state index in [-0.39, 0.29) is 11.3 Å². The first-order valence-corrected chi connectivity index (χ1v) is 9.68. The summed E-state index contributed by atoms with van der Waals surface area (Å²) in [5.74, 6) is -4.14. The van der Waals surface area contributed by atoms with Crippen LogP contribution in [0.5, 0.6) is 0 Å². The predicted octanol–water partition coefficient (Wildman–Crippen LogP) is 4.55. The van der Waals surface area contributed by atoms with Crippen molar-refractivity contribution in [2.24, 2.45) is 0 Å². The minimum atomic E-state index is -1.22. The Morgan fingerprint density at radius 2 is 1.81 bits per heavy atom. The van der Waals surface area contributed by atoms with Gasteiger partial charge in [-0.1, -0.05) is 37.3 Å². The molecule has 0 radical (unpaired) electrons. The zero-order chi connectivity index (χ0) is 22.1. The number of carbonyl (C=O) groups excluding carboxylic acids is 2. The van der Waals surface area contributed by atoms with Crippen molar-refractivity contribution in [2.45, 2.75) is 19.4 Å². The normalized spacial score (nSPS) is 17.9. The number of Topliss-reactive ketones (excluding diaryl/α,β-unsaturated/α-hetero) is 1. The summed E-state index contributed by atoms with van der Waals surface area (Å²) < 4.78 is 28.5. The molecule has 7 heteroatoms. The number of rotatable bonds is 4. The summed E-state index contributed by atoms with van der Waals surface area (Å²) in [7, 11) is 0. The van der Waals surface area contributed by atoms with Crippen LogP contribution in [-0.2, 0) is 16.0 Å². The van der Waals surface area contributed by atoms with Crippen molar-refractivity contribution in [1.29, 1.82) is 0 Å². The molecule has 1 saturated heterocycles. The number of nitrogens with zero attached hydrogens (tertiary/aromatic N) is 2. The molecule has 1 atom stereocenters. The standard InChI is InChI=1S/C24H18F2N2O3/c1-2-14-6-8-15(9-7-14)22(29)20-21(18-5-3-4-12-27-18)28(24(31)23(20)30)19-13-16(25)10-11-17(19)26/h3-13,21,29H,2H2,1H3/b22-20+. The molecule has 4 rings (SSSR count). The van der Waals surface area contributed by atoms with Crippen LogP contribution in [0.1, 0.15) is 29.8 Å². The van der Waals surface area contributed by atoms with E-state index < -0.39 is 40.8 Å². The second-order valence-electron chi connectivity index (χ2n) is 7.07. The minimum absolute atomic E-state index is 0.233. The molecule has 31 heavy (non-hydrogen) atoms. The summed E-state index contributed by atoms with van der Waals surface area (Å²) in [6.45, 7) is 1.98. The molecule has 0 saturated carbocycles. The van der Waals surface area contributed by atoms with Gasteiger partial charge in [0.15, 0.2) is 0 Å². The number of pyridine rings is 1.